The first-order chi connectivity index (χ1) is 17.1. The normalized spacial score (nSPS) is 11.7. The molecule has 11 heteroatoms. The second-order valence-corrected chi connectivity index (χ2v) is 8.34. The lowest BCUT2D eigenvalue weighted by Gasteiger charge is -2.13. The first kappa shape index (κ1) is 23.2. The van der Waals surface area contributed by atoms with E-state index in [0.29, 0.717) is 22.5 Å². The van der Waals surface area contributed by atoms with Gasteiger partial charge >= 0.3 is 6.18 Å². The van der Waals surface area contributed by atoms with E-state index < -0.39 is 23.2 Å². The maximum Gasteiger partial charge on any atom is 0.417 e. The molecule has 0 unspecified atom stereocenters. The van der Waals surface area contributed by atoms with Gasteiger partial charge in [-0.3, -0.25) is 4.79 Å². The number of carbonyl (C=O) groups excluding carboxylic acids is 1. The van der Waals surface area contributed by atoms with Gasteiger partial charge < -0.3 is 5.32 Å². The van der Waals surface area contributed by atoms with Gasteiger partial charge in [-0.1, -0.05) is 18.2 Å². The zero-order valence-corrected chi connectivity index (χ0v) is 19.5. The fraction of sp³-hybridized carbons (Fsp3) is 0.160. The molecule has 36 heavy (non-hydrogen) atoms. The van der Waals surface area contributed by atoms with E-state index >= 15 is 0 Å². The van der Waals surface area contributed by atoms with Gasteiger partial charge in [0.2, 0.25) is 0 Å². The highest BCUT2D eigenvalue weighted by Crippen LogP contribution is 2.32. The van der Waals surface area contributed by atoms with Crippen LogP contribution in [0.1, 0.15) is 32.7 Å². The first-order valence-corrected chi connectivity index (χ1v) is 10.9. The number of amides is 1. The van der Waals surface area contributed by atoms with Crippen molar-refractivity contribution in [3.63, 3.8) is 0 Å². The Bertz CT molecular complexity index is 1620. The highest BCUT2D eigenvalue weighted by atomic mass is 19.4. The van der Waals surface area contributed by atoms with Crippen molar-refractivity contribution in [2.45, 2.75) is 26.9 Å². The summed E-state index contributed by atoms with van der Waals surface area (Å²) in [7, 11) is 0. The summed E-state index contributed by atoms with van der Waals surface area (Å²) >= 11 is 0. The molecule has 0 fully saturated rings. The number of benzene rings is 2. The summed E-state index contributed by atoms with van der Waals surface area (Å²) in [5, 5.41) is 12.0. The minimum Gasteiger partial charge on any atom is -0.306 e. The van der Waals surface area contributed by atoms with Crippen molar-refractivity contribution in [2.24, 2.45) is 0 Å². The Morgan fingerprint density at radius 2 is 1.72 bits per heavy atom. The van der Waals surface area contributed by atoms with Gasteiger partial charge in [-0.25, -0.2) is 14.6 Å². The molecule has 182 valence electrons. The molecule has 0 saturated carbocycles. The molecule has 0 aliphatic carbocycles. The third-order valence-corrected chi connectivity index (χ3v) is 5.83. The van der Waals surface area contributed by atoms with Gasteiger partial charge in [0.1, 0.15) is 12.1 Å². The summed E-state index contributed by atoms with van der Waals surface area (Å²) in [6.07, 6.45) is -1.74. The number of nitrogens with zero attached hydrogens (tertiary/aromatic N) is 6. The van der Waals surface area contributed by atoms with Crippen LogP contribution in [-0.4, -0.2) is 35.4 Å². The van der Waals surface area contributed by atoms with Crippen LogP contribution in [0, 0.1) is 20.8 Å². The van der Waals surface area contributed by atoms with Gasteiger partial charge in [0.25, 0.3) is 5.91 Å². The summed E-state index contributed by atoms with van der Waals surface area (Å²) in [6.45, 7) is 5.72. The van der Waals surface area contributed by atoms with Crippen molar-refractivity contribution >= 4 is 22.8 Å². The van der Waals surface area contributed by atoms with Gasteiger partial charge in [0.05, 0.1) is 34.1 Å². The molecule has 3 heterocycles. The number of nitrogens with one attached hydrogen (secondary N) is 1. The minimum absolute atomic E-state index is 0.161. The first-order valence-electron chi connectivity index (χ1n) is 10.9. The lowest BCUT2D eigenvalue weighted by molar-refractivity contribution is -0.137. The van der Waals surface area contributed by atoms with Crippen LogP contribution in [0.5, 0.6) is 0 Å². The average molecular weight is 491 g/mol. The quantitative estimate of drug-likeness (QED) is 0.373. The van der Waals surface area contributed by atoms with E-state index in [1.807, 2.05) is 32.0 Å². The Balaban J connectivity index is 1.56. The molecule has 1 N–H and O–H groups in total. The van der Waals surface area contributed by atoms with E-state index in [-0.39, 0.29) is 5.82 Å². The van der Waals surface area contributed by atoms with Crippen molar-refractivity contribution in [1.82, 2.24) is 29.5 Å². The summed E-state index contributed by atoms with van der Waals surface area (Å²) in [4.78, 5) is 21.6. The lowest BCUT2D eigenvalue weighted by Crippen LogP contribution is -2.20. The van der Waals surface area contributed by atoms with E-state index in [4.69, 9.17) is 0 Å². The van der Waals surface area contributed by atoms with Crippen LogP contribution in [0.15, 0.2) is 61.1 Å². The molecule has 3 aromatic heterocycles. The van der Waals surface area contributed by atoms with Gasteiger partial charge in [-0.2, -0.15) is 28.1 Å². The van der Waals surface area contributed by atoms with Crippen molar-refractivity contribution in [2.75, 3.05) is 5.32 Å². The Hall–Kier alpha value is -4.54. The van der Waals surface area contributed by atoms with Gasteiger partial charge in [0.15, 0.2) is 11.5 Å². The second-order valence-electron chi connectivity index (χ2n) is 8.34. The number of rotatable bonds is 4. The van der Waals surface area contributed by atoms with Crippen LogP contribution in [0.4, 0.5) is 19.0 Å². The van der Waals surface area contributed by atoms with Gasteiger partial charge in [-0.05, 0) is 56.2 Å². The molecule has 0 aliphatic heterocycles. The van der Waals surface area contributed by atoms with Crippen LogP contribution >= 0.6 is 0 Å². The minimum atomic E-state index is -4.67. The van der Waals surface area contributed by atoms with Crippen molar-refractivity contribution in [3.8, 4) is 11.5 Å². The molecule has 1 amide bonds. The van der Waals surface area contributed by atoms with Crippen molar-refractivity contribution < 1.29 is 18.0 Å². The number of fused-ring (bicyclic) bond motifs is 1. The molecular weight excluding hydrogens is 471 g/mol. The molecule has 0 aliphatic rings. The predicted octanol–water partition coefficient (Wildman–Crippen LogP) is 5.20. The third-order valence-electron chi connectivity index (χ3n) is 5.83. The maximum atomic E-state index is 13.4. The Morgan fingerprint density at radius 1 is 0.944 bits per heavy atom. The van der Waals surface area contributed by atoms with Crippen molar-refractivity contribution in [1.29, 1.82) is 0 Å². The summed E-state index contributed by atoms with van der Waals surface area (Å²) < 4.78 is 43.3. The van der Waals surface area contributed by atoms with E-state index in [0.717, 1.165) is 28.9 Å². The molecule has 8 nitrogen and oxygen atoms in total. The standard InChI is InChI=1S/C25H20F3N7O/c1-14-8-9-17(10-15(14)2)34-22-19(12-31-34)23(30-13-29-22)35-21(11-16(3)33-35)32-24(36)18-6-4-5-7-20(18)25(26,27)28/h4-13H,1-3H3,(H,32,36). The number of halogens is 3. The topological polar surface area (TPSA) is 90.5 Å². The highest BCUT2D eigenvalue weighted by Gasteiger charge is 2.35. The monoisotopic (exact) mass is 491 g/mol. The van der Waals surface area contributed by atoms with Gasteiger partial charge in [-0.15, -0.1) is 0 Å². The van der Waals surface area contributed by atoms with Crippen LogP contribution in [0.2, 0.25) is 0 Å². The number of hydrogen-bond acceptors (Lipinski definition) is 5. The Labute approximate surface area is 203 Å². The zero-order chi connectivity index (χ0) is 25.6. The highest BCUT2D eigenvalue weighted by molar-refractivity contribution is 6.05. The summed E-state index contributed by atoms with van der Waals surface area (Å²) in [6, 6.07) is 12.1. The SMILES string of the molecule is Cc1cc(NC(=O)c2ccccc2C(F)(F)F)n(-c2ncnc3c2cnn3-c2ccc(C)c(C)c2)n1. The molecule has 2 aromatic carbocycles. The predicted molar refractivity (Wildman–Crippen MR) is 127 cm³/mol. The number of anilines is 1. The van der Waals surface area contributed by atoms with Crippen LogP contribution in [-0.2, 0) is 6.18 Å². The molecule has 5 aromatic rings. The van der Waals surface area contributed by atoms with Crippen molar-refractivity contribution in [3.05, 3.63) is 89.0 Å². The maximum absolute atomic E-state index is 13.4. The van der Waals surface area contributed by atoms with Gasteiger partial charge in [0, 0.05) is 6.07 Å². The molecule has 0 bridgehead atoms. The number of hydrogen-bond donors (Lipinski definition) is 1. The van der Waals surface area contributed by atoms with E-state index in [1.54, 1.807) is 23.9 Å². The van der Waals surface area contributed by atoms with E-state index in [2.05, 4.69) is 25.5 Å². The smallest absolute Gasteiger partial charge is 0.306 e. The lowest BCUT2D eigenvalue weighted by atomic mass is 10.1. The fourth-order valence-corrected chi connectivity index (χ4v) is 3.91. The molecule has 0 spiro atoms. The van der Waals surface area contributed by atoms with E-state index in [9.17, 15) is 18.0 Å². The average Bonchev–Trinajstić information content (AvgIpc) is 3.43. The van der Waals surface area contributed by atoms with Crippen LogP contribution in [0.3, 0.4) is 0 Å². The van der Waals surface area contributed by atoms with Crippen LogP contribution < -0.4 is 5.32 Å². The molecular formula is C25H20F3N7O. The number of carbonyl (C=O) groups is 1. The number of aromatic nitrogens is 6. The Kier molecular flexibility index (Phi) is 5.54. The fourth-order valence-electron chi connectivity index (χ4n) is 3.91. The number of aryl methyl sites for hydroxylation is 3. The van der Waals surface area contributed by atoms with Crippen LogP contribution in [0.25, 0.3) is 22.5 Å². The third kappa shape index (κ3) is 4.08. The second kappa shape index (κ2) is 8.59. The number of alkyl halides is 3. The largest absolute Gasteiger partial charge is 0.417 e. The molecule has 0 saturated heterocycles. The molecule has 5 rings (SSSR count). The van der Waals surface area contributed by atoms with E-state index in [1.165, 1.54) is 23.1 Å². The zero-order valence-electron chi connectivity index (χ0n) is 19.5. The molecule has 0 radical (unpaired) electrons. The summed E-state index contributed by atoms with van der Waals surface area (Å²) in [5.74, 6) is -0.434. The summed E-state index contributed by atoms with van der Waals surface area (Å²) in [5.41, 5.74) is 2.57. The Morgan fingerprint density at radius 3 is 2.47 bits per heavy atom. The molecule has 0 atom stereocenters.